The molecule has 0 spiro atoms. The fourth-order valence-electron chi connectivity index (χ4n) is 2.39. The van der Waals surface area contributed by atoms with Gasteiger partial charge in [0.05, 0.1) is 0 Å². The number of benzene rings is 1. The van der Waals surface area contributed by atoms with Gasteiger partial charge >= 0.3 is 0 Å². The molecule has 0 saturated heterocycles. The highest BCUT2D eigenvalue weighted by Crippen LogP contribution is 2.56. The average Bonchev–Trinajstić information content (AvgIpc) is 2.83. The summed E-state index contributed by atoms with van der Waals surface area (Å²) in [6.45, 7) is 6.38. The quantitative estimate of drug-likeness (QED) is 0.872. The van der Waals surface area contributed by atoms with E-state index in [9.17, 15) is 0 Å². The van der Waals surface area contributed by atoms with Gasteiger partial charge < -0.3 is 5.73 Å². The van der Waals surface area contributed by atoms with E-state index in [4.69, 9.17) is 5.73 Å². The largest absolute Gasteiger partial charge is 0.325 e. The molecule has 15 heavy (non-hydrogen) atoms. The van der Waals surface area contributed by atoms with Gasteiger partial charge in [-0.3, -0.25) is 0 Å². The molecule has 0 aliphatic heterocycles. The molecule has 2 rings (SSSR count). The van der Waals surface area contributed by atoms with Crippen molar-refractivity contribution >= 4 is 15.9 Å². The minimum Gasteiger partial charge on any atom is -0.325 e. The van der Waals surface area contributed by atoms with Crippen molar-refractivity contribution in [1.82, 2.24) is 0 Å². The van der Waals surface area contributed by atoms with Crippen molar-refractivity contribution in [2.75, 3.05) is 0 Å². The van der Waals surface area contributed by atoms with Crippen LogP contribution >= 0.6 is 15.9 Å². The van der Waals surface area contributed by atoms with Gasteiger partial charge in [0.1, 0.15) is 0 Å². The molecule has 0 amide bonds. The second-order valence-corrected chi connectivity index (χ2v) is 6.14. The van der Waals surface area contributed by atoms with Crippen molar-refractivity contribution in [2.24, 2.45) is 5.73 Å². The van der Waals surface area contributed by atoms with E-state index in [1.807, 2.05) is 0 Å². The van der Waals surface area contributed by atoms with E-state index in [0.717, 1.165) is 0 Å². The van der Waals surface area contributed by atoms with E-state index in [2.05, 4.69) is 54.9 Å². The number of hydrogen-bond donors (Lipinski definition) is 1. The Hall–Kier alpha value is -0.340. The minimum absolute atomic E-state index is 0.134. The van der Waals surface area contributed by atoms with Crippen LogP contribution in [0.1, 0.15) is 37.8 Å². The normalized spacial score (nSPS) is 19.0. The Kier molecular flexibility index (Phi) is 2.47. The zero-order valence-corrected chi connectivity index (χ0v) is 11.2. The molecule has 0 unspecified atom stereocenters. The molecule has 0 radical (unpaired) electrons. The van der Waals surface area contributed by atoms with Gasteiger partial charge in [0.25, 0.3) is 0 Å². The monoisotopic (exact) mass is 267 g/mol. The second kappa shape index (κ2) is 3.33. The summed E-state index contributed by atoms with van der Waals surface area (Å²) >= 11 is 3.66. The molecule has 1 fully saturated rings. The summed E-state index contributed by atoms with van der Waals surface area (Å²) < 4.78 is 1.21. The summed E-state index contributed by atoms with van der Waals surface area (Å²) in [6.07, 6.45) is 2.41. The molecule has 0 heterocycles. The Morgan fingerprint density at radius 1 is 1.33 bits per heavy atom. The van der Waals surface area contributed by atoms with E-state index < -0.39 is 0 Å². The Morgan fingerprint density at radius 2 is 1.93 bits per heavy atom. The van der Waals surface area contributed by atoms with Crippen LogP contribution < -0.4 is 5.73 Å². The summed E-state index contributed by atoms with van der Waals surface area (Å²) in [7, 11) is 0. The first kappa shape index (κ1) is 11.2. The van der Waals surface area contributed by atoms with Crippen molar-refractivity contribution in [2.45, 2.75) is 44.6 Å². The summed E-state index contributed by atoms with van der Waals surface area (Å²) in [4.78, 5) is 0. The van der Waals surface area contributed by atoms with E-state index in [1.165, 1.54) is 28.4 Å². The topological polar surface area (TPSA) is 26.0 Å². The maximum atomic E-state index is 6.29. The van der Waals surface area contributed by atoms with Gasteiger partial charge in [0, 0.05) is 15.4 Å². The fraction of sp³-hybridized carbons (Fsp3) is 0.538. The lowest BCUT2D eigenvalue weighted by Crippen LogP contribution is -2.45. The van der Waals surface area contributed by atoms with E-state index in [1.54, 1.807) is 0 Å². The number of aryl methyl sites for hydroxylation is 1. The summed E-state index contributed by atoms with van der Waals surface area (Å²) in [6, 6.07) is 6.58. The van der Waals surface area contributed by atoms with Gasteiger partial charge in [0.15, 0.2) is 0 Å². The molecule has 1 aliphatic carbocycles. The van der Waals surface area contributed by atoms with Crippen LogP contribution in [0.15, 0.2) is 22.7 Å². The zero-order valence-electron chi connectivity index (χ0n) is 9.60. The number of hydrogen-bond acceptors (Lipinski definition) is 1. The molecule has 0 bridgehead atoms. The molecule has 2 N–H and O–H groups in total. The van der Waals surface area contributed by atoms with Gasteiger partial charge in [0.2, 0.25) is 0 Å². The summed E-state index contributed by atoms with van der Waals surface area (Å²) in [5.74, 6) is 0. The number of rotatable bonds is 2. The first-order valence-electron chi connectivity index (χ1n) is 5.42. The smallest absolute Gasteiger partial charge is 0.0216 e. The van der Waals surface area contributed by atoms with Crippen LogP contribution in [-0.4, -0.2) is 5.54 Å². The molecule has 82 valence electrons. The SMILES string of the molecule is Cc1ccc(C2(C(C)(C)N)CC2)c(Br)c1. The van der Waals surface area contributed by atoms with Crippen molar-refractivity contribution in [3.05, 3.63) is 33.8 Å². The van der Waals surface area contributed by atoms with Gasteiger partial charge in [-0.05, 0) is 50.8 Å². The third kappa shape index (κ3) is 1.74. The Labute approximate surface area is 100 Å². The standard InChI is InChI=1S/C13H18BrN/c1-9-4-5-10(11(14)8-9)13(6-7-13)12(2,3)15/h4-5,8H,6-7,15H2,1-3H3. The highest BCUT2D eigenvalue weighted by Gasteiger charge is 2.54. The minimum atomic E-state index is -0.134. The lowest BCUT2D eigenvalue weighted by atomic mass is 9.79. The second-order valence-electron chi connectivity index (χ2n) is 5.29. The molecule has 2 heteroatoms. The number of nitrogens with two attached hydrogens (primary N) is 1. The van der Waals surface area contributed by atoms with E-state index in [0.29, 0.717) is 0 Å². The molecular weight excluding hydrogens is 250 g/mol. The fourth-order valence-corrected chi connectivity index (χ4v) is 3.27. The summed E-state index contributed by atoms with van der Waals surface area (Å²) in [5, 5.41) is 0. The van der Waals surface area contributed by atoms with Gasteiger partial charge in [-0.25, -0.2) is 0 Å². The van der Waals surface area contributed by atoms with Crippen molar-refractivity contribution in [1.29, 1.82) is 0 Å². The van der Waals surface area contributed by atoms with Crippen LogP contribution in [-0.2, 0) is 5.41 Å². The van der Waals surface area contributed by atoms with Crippen molar-refractivity contribution < 1.29 is 0 Å². The average molecular weight is 268 g/mol. The third-order valence-electron chi connectivity index (χ3n) is 3.62. The van der Waals surface area contributed by atoms with E-state index >= 15 is 0 Å². The highest BCUT2D eigenvalue weighted by molar-refractivity contribution is 9.10. The molecule has 1 aliphatic rings. The van der Waals surface area contributed by atoms with E-state index in [-0.39, 0.29) is 11.0 Å². The van der Waals surface area contributed by atoms with Gasteiger partial charge in [-0.1, -0.05) is 28.1 Å². The maximum Gasteiger partial charge on any atom is 0.0216 e. The van der Waals surface area contributed by atoms with Crippen molar-refractivity contribution in [3.63, 3.8) is 0 Å². The van der Waals surface area contributed by atoms with Crippen LogP contribution in [0.5, 0.6) is 0 Å². The molecule has 0 aromatic heterocycles. The number of halogens is 1. The predicted octanol–water partition coefficient (Wildman–Crippen LogP) is 3.53. The van der Waals surface area contributed by atoms with Crippen LogP contribution in [0.25, 0.3) is 0 Å². The summed E-state index contributed by atoms with van der Waals surface area (Å²) in [5.41, 5.74) is 9.02. The Morgan fingerprint density at radius 3 is 2.33 bits per heavy atom. The van der Waals surface area contributed by atoms with Crippen LogP contribution in [0.3, 0.4) is 0 Å². The van der Waals surface area contributed by atoms with Crippen LogP contribution in [0.2, 0.25) is 0 Å². The Bertz CT molecular complexity index is 386. The van der Waals surface area contributed by atoms with Gasteiger partial charge in [-0.2, -0.15) is 0 Å². The highest BCUT2D eigenvalue weighted by atomic mass is 79.9. The molecule has 1 aromatic rings. The maximum absolute atomic E-state index is 6.29. The third-order valence-corrected chi connectivity index (χ3v) is 4.28. The Balaban J connectivity index is 2.47. The zero-order chi connectivity index (χ0) is 11.3. The molecule has 0 atom stereocenters. The lowest BCUT2D eigenvalue weighted by Gasteiger charge is -2.32. The van der Waals surface area contributed by atoms with Crippen LogP contribution in [0, 0.1) is 6.92 Å². The lowest BCUT2D eigenvalue weighted by molar-refractivity contribution is 0.390. The molecule has 1 saturated carbocycles. The first-order chi connectivity index (χ1) is 6.87. The predicted molar refractivity (Wildman–Crippen MR) is 68.1 cm³/mol. The van der Waals surface area contributed by atoms with Gasteiger partial charge in [-0.15, -0.1) is 0 Å². The molecule has 1 aromatic carbocycles. The molecule has 1 nitrogen and oxygen atoms in total. The molecular formula is C13H18BrN. The van der Waals surface area contributed by atoms with Crippen molar-refractivity contribution in [3.8, 4) is 0 Å². The van der Waals surface area contributed by atoms with Crippen LogP contribution in [0.4, 0.5) is 0 Å². The first-order valence-corrected chi connectivity index (χ1v) is 6.22.